The van der Waals surface area contributed by atoms with Gasteiger partial charge in [-0.1, -0.05) is 12.1 Å². The molecule has 3 rings (SSSR count). The zero-order valence-electron chi connectivity index (χ0n) is 9.77. The first kappa shape index (κ1) is 10.8. The van der Waals surface area contributed by atoms with Crippen molar-refractivity contribution in [2.24, 2.45) is 0 Å². The Kier molecular flexibility index (Phi) is 2.30. The molecule has 0 atom stereocenters. The highest BCUT2D eigenvalue weighted by Gasteiger charge is 2.13. The molecule has 0 saturated heterocycles. The second-order valence-electron chi connectivity index (χ2n) is 4.19. The molecule has 0 amide bonds. The summed E-state index contributed by atoms with van der Waals surface area (Å²) >= 11 is 0. The summed E-state index contributed by atoms with van der Waals surface area (Å²) in [6, 6.07) is 6.31. The fraction of sp³-hybridized carbons (Fsp3) is 0.0714. The Balaban J connectivity index is 2.36. The van der Waals surface area contributed by atoms with Gasteiger partial charge in [-0.15, -0.1) is 0 Å². The number of nitrogens with zero attached hydrogens (tertiary/aromatic N) is 1. The Bertz CT molecular complexity index is 716. The summed E-state index contributed by atoms with van der Waals surface area (Å²) in [7, 11) is 0. The van der Waals surface area contributed by atoms with E-state index >= 15 is 0 Å². The van der Waals surface area contributed by atoms with Crippen LogP contribution in [0.2, 0.25) is 0 Å². The van der Waals surface area contributed by atoms with Gasteiger partial charge in [0.1, 0.15) is 12.1 Å². The van der Waals surface area contributed by atoms with E-state index in [0.717, 1.165) is 22.1 Å². The fourth-order valence-electron chi connectivity index (χ4n) is 2.11. The standard InChI is InChI=1S/C14H11FN2O/c1-8-6-17-14-13(11(16)7-18-14)12(8)9-2-4-10(15)5-3-9/h2-7H,16H2,1H3. The first-order valence-corrected chi connectivity index (χ1v) is 5.55. The van der Waals surface area contributed by atoms with Gasteiger partial charge in [-0.25, -0.2) is 9.37 Å². The number of aromatic nitrogens is 1. The van der Waals surface area contributed by atoms with Gasteiger partial charge >= 0.3 is 0 Å². The number of nitrogen functional groups attached to an aromatic ring is 1. The third kappa shape index (κ3) is 1.54. The highest BCUT2D eigenvalue weighted by atomic mass is 19.1. The second kappa shape index (κ2) is 3.84. The molecule has 18 heavy (non-hydrogen) atoms. The minimum absolute atomic E-state index is 0.262. The van der Waals surface area contributed by atoms with Crippen LogP contribution in [0.15, 0.2) is 41.1 Å². The van der Waals surface area contributed by atoms with Crippen molar-refractivity contribution < 1.29 is 8.81 Å². The number of nitrogens with two attached hydrogens (primary N) is 1. The van der Waals surface area contributed by atoms with E-state index in [-0.39, 0.29) is 5.82 Å². The van der Waals surface area contributed by atoms with Gasteiger partial charge in [0.05, 0.1) is 11.1 Å². The molecular weight excluding hydrogens is 231 g/mol. The Morgan fingerprint density at radius 3 is 2.67 bits per heavy atom. The van der Waals surface area contributed by atoms with Crippen LogP contribution in [0.3, 0.4) is 0 Å². The summed E-state index contributed by atoms with van der Waals surface area (Å²) in [6.07, 6.45) is 3.20. The van der Waals surface area contributed by atoms with Gasteiger partial charge in [0, 0.05) is 11.8 Å². The quantitative estimate of drug-likeness (QED) is 0.710. The van der Waals surface area contributed by atoms with E-state index in [4.69, 9.17) is 10.2 Å². The Hall–Kier alpha value is -2.36. The minimum Gasteiger partial charge on any atom is -0.444 e. The molecule has 0 fully saturated rings. The maximum atomic E-state index is 13.0. The van der Waals surface area contributed by atoms with E-state index in [1.165, 1.54) is 18.4 Å². The van der Waals surface area contributed by atoms with E-state index in [1.54, 1.807) is 18.3 Å². The van der Waals surface area contributed by atoms with Gasteiger partial charge in [0.2, 0.25) is 5.71 Å². The van der Waals surface area contributed by atoms with E-state index in [0.29, 0.717) is 11.4 Å². The molecule has 2 heterocycles. The number of halogens is 1. The average molecular weight is 242 g/mol. The number of furan rings is 1. The molecule has 3 aromatic rings. The molecule has 0 aliphatic rings. The highest BCUT2D eigenvalue weighted by molar-refractivity contribution is 6.01. The van der Waals surface area contributed by atoms with Crippen molar-refractivity contribution in [1.82, 2.24) is 4.98 Å². The van der Waals surface area contributed by atoms with Gasteiger partial charge in [-0.3, -0.25) is 0 Å². The summed E-state index contributed by atoms with van der Waals surface area (Å²) in [5.74, 6) is -0.262. The van der Waals surface area contributed by atoms with Crippen LogP contribution < -0.4 is 5.73 Å². The first-order chi connectivity index (χ1) is 8.66. The normalized spacial score (nSPS) is 11.0. The predicted octanol–water partition coefficient (Wildman–Crippen LogP) is 3.52. The molecule has 0 aliphatic heterocycles. The SMILES string of the molecule is Cc1cnc2occ(N)c2c1-c1ccc(F)cc1. The summed E-state index contributed by atoms with van der Waals surface area (Å²) in [5.41, 5.74) is 9.75. The van der Waals surface area contributed by atoms with Crippen molar-refractivity contribution in [2.45, 2.75) is 6.92 Å². The zero-order valence-corrected chi connectivity index (χ0v) is 9.77. The third-order valence-electron chi connectivity index (χ3n) is 2.95. The van der Waals surface area contributed by atoms with Crippen molar-refractivity contribution >= 4 is 16.8 Å². The smallest absolute Gasteiger partial charge is 0.228 e. The third-order valence-corrected chi connectivity index (χ3v) is 2.95. The second-order valence-corrected chi connectivity index (χ2v) is 4.19. The molecule has 3 nitrogen and oxygen atoms in total. The molecular formula is C14H11FN2O. The Labute approximate surface area is 103 Å². The predicted molar refractivity (Wildman–Crippen MR) is 68.6 cm³/mol. The van der Waals surface area contributed by atoms with Crippen LogP contribution in [0.4, 0.5) is 10.1 Å². The monoisotopic (exact) mass is 242 g/mol. The summed E-state index contributed by atoms with van der Waals surface area (Å²) < 4.78 is 18.3. The molecule has 0 bridgehead atoms. The van der Waals surface area contributed by atoms with Gasteiger partial charge in [0.25, 0.3) is 0 Å². The summed E-state index contributed by atoms with van der Waals surface area (Å²) in [6.45, 7) is 1.94. The van der Waals surface area contributed by atoms with Gasteiger partial charge in [0.15, 0.2) is 0 Å². The van der Waals surface area contributed by atoms with Crippen LogP contribution in [0, 0.1) is 12.7 Å². The fourth-order valence-corrected chi connectivity index (χ4v) is 2.11. The van der Waals surface area contributed by atoms with Crippen molar-refractivity contribution in [3.8, 4) is 11.1 Å². The Morgan fingerprint density at radius 2 is 1.94 bits per heavy atom. The molecule has 2 aromatic heterocycles. The molecule has 2 N–H and O–H groups in total. The van der Waals surface area contributed by atoms with Gasteiger partial charge in [-0.05, 0) is 30.2 Å². The molecule has 0 aliphatic carbocycles. The topological polar surface area (TPSA) is 52.0 Å². The largest absolute Gasteiger partial charge is 0.444 e. The maximum absolute atomic E-state index is 13.0. The first-order valence-electron chi connectivity index (χ1n) is 5.55. The number of aryl methyl sites for hydroxylation is 1. The van der Waals surface area contributed by atoms with Gasteiger partial charge in [-0.2, -0.15) is 0 Å². The molecule has 4 heteroatoms. The highest BCUT2D eigenvalue weighted by Crippen LogP contribution is 2.35. The number of rotatable bonds is 1. The lowest BCUT2D eigenvalue weighted by Gasteiger charge is -2.07. The van der Waals surface area contributed by atoms with Crippen LogP contribution in [-0.4, -0.2) is 4.98 Å². The minimum atomic E-state index is -0.262. The summed E-state index contributed by atoms with van der Waals surface area (Å²) in [5, 5.41) is 0.779. The van der Waals surface area contributed by atoms with Crippen LogP contribution >= 0.6 is 0 Å². The summed E-state index contributed by atoms with van der Waals surface area (Å²) in [4.78, 5) is 4.18. The van der Waals surface area contributed by atoms with E-state index in [2.05, 4.69) is 4.98 Å². The molecule has 0 radical (unpaired) electrons. The van der Waals surface area contributed by atoms with Crippen LogP contribution in [0.5, 0.6) is 0 Å². The zero-order chi connectivity index (χ0) is 12.7. The average Bonchev–Trinajstić information content (AvgIpc) is 2.73. The number of hydrogen-bond acceptors (Lipinski definition) is 3. The van der Waals surface area contributed by atoms with E-state index in [1.807, 2.05) is 6.92 Å². The van der Waals surface area contributed by atoms with E-state index in [9.17, 15) is 4.39 Å². The van der Waals surface area contributed by atoms with Crippen LogP contribution in [0.25, 0.3) is 22.2 Å². The van der Waals surface area contributed by atoms with Crippen LogP contribution in [0.1, 0.15) is 5.56 Å². The van der Waals surface area contributed by atoms with Crippen molar-refractivity contribution in [3.05, 3.63) is 48.1 Å². The van der Waals surface area contributed by atoms with Crippen molar-refractivity contribution in [3.63, 3.8) is 0 Å². The molecule has 1 aromatic carbocycles. The number of fused-ring (bicyclic) bond motifs is 1. The lowest BCUT2D eigenvalue weighted by Crippen LogP contribution is -1.90. The number of benzene rings is 1. The maximum Gasteiger partial charge on any atom is 0.228 e. The molecule has 90 valence electrons. The lowest BCUT2D eigenvalue weighted by atomic mass is 9.99. The van der Waals surface area contributed by atoms with E-state index < -0.39 is 0 Å². The van der Waals surface area contributed by atoms with Crippen molar-refractivity contribution in [2.75, 3.05) is 5.73 Å². The number of anilines is 1. The lowest BCUT2D eigenvalue weighted by molar-refractivity contribution is 0.604. The van der Waals surface area contributed by atoms with Crippen molar-refractivity contribution in [1.29, 1.82) is 0 Å². The molecule has 0 saturated carbocycles. The van der Waals surface area contributed by atoms with Gasteiger partial charge < -0.3 is 10.2 Å². The molecule has 0 unspecified atom stereocenters. The Morgan fingerprint density at radius 1 is 1.22 bits per heavy atom. The number of pyridine rings is 1. The number of hydrogen-bond donors (Lipinski definition) is 1. The van der Waals surface area contributed by atoms with Crippen LogP contribution in [-0.2, 0) is 0 Å². The molecule has 0 spiro atoms.